The predicted octanol–water partition coefficient (Wildman–Crippen LogP) is 0.0153. The monoisotopic (exact) mass is 241 g/mol. The standard InChI is InChI=1S/C12H23N3O2/c1-8-5-6-13-10(8)11(17)14-7-9(16)15-12(2,3)4/h8,10,13H,5-7H2,1-4H3,(H,14,17)(H,15,16). The molecule has 0 radical (unpaired) electrons. The van der Waals surface area contributed by atoms with Crippen LogP contribution in [0.5, 0.6) is 0 Å². The third kappa shape index (κ3) is 4.73. The van der Waals surface area contributed by atoms with E-state index in [0.717, 1.165) is 13.0 Å². The second-order valence-corrected chi connectivity index (χ2v) is 5.71. The van der Waals surface area contributed by atoms with Gasteiger partial charge < -0.3 is 16.0 Å². The van der Waals surface area contributed by atoms with Crippen molar-refractivity contribution >= 4 is 11.8 Å². The molecule has 0 aliphatic carbocycles. The van der Waals surface area contributed by atoms with Gasteiger partial charge in [0.1, 0.15) is 0 Å². The number of nitrogens with one attached hydrogen (secondary N) is 3. The summed E-state index contributed by atoms with van der Waals surface area (Å²) >= 11 is 0. The minimum absolute atomic E-state index is 0.0427. The molecule has 0 aromatic carbocycles. The molecule has 3 N–H and O–H groups in total. The normalized spacial score (nSPS) is 24.5. The Morgan fingerprint density at radius 3 is 2.47 bits per heavy atom. The minimum Gasteiger partial charge on any atom is -0.350 e. The maximum Gasteiger partial charge on any atom is 0.239 e. The molecule has 1 aliphatic rings. The summed E-state index contributed by atoms with van der Waals surface area (Å²) in [5, 5.41) is 8.60. The fourth-order valence-corrected chi connectivity index (χ4v) is 1.93. The van der Waals surface area contributed by atoms with Crippen molar-refractivity contribution in [1.82, 2.24) is 16.0 Å². The van der Waals surface area contributed by atoms with E-state index < -0.39 is 0 Å². The SMILES string of the molecule is CC1CCNC1C(=O)NCC(=O)NC(C)(C)C. The van der Waals surface area contributed by atoms with Crippen molar-refractivity contribution in [2.45, 2.75) is 45.7 Å². The predicted molar refractivity (Wildman–Crippen MR) is 66.5 cm³/mol. The Kier molecular flexibility index (Phi) is 4.51. The molecule has 1 rings (SSSR count). The first-order valence-electron chi connectivity index (χ1n) is 6.12. The molecule has 2 amide bonds. The lowest BCUT2D eigenvalue weighted by Crippen LogP contribution is -2.49. The Balaban J connectivity index is 2.31. The summed E-state index contributed by atoms with van der Waals surface area (Å²) in [5.41, 5.74) is -0.263. The van der Waals surface area contributed by atoms with E-state index in [4.69, 9.17) is 0 Å². The van der Waals surface area contributed by atoms with Gasteiger partial charge in [0.05, 0.1) is 12.6 Å². The summed E-state index contributed by atoms with van der Waals surface area (Å²) in [4.78, 5) is 23.3. The molecule has 0 spiro atoms. The molecule has 1 fully saturated rings. The van der Waals surface area contributed by atoms with Gasteiger partial charge in [-0.05, 0) is 39.7 Å². The lowest BCUT2D eigenvalue weighted by molar-refractivity contribution is -0.128. The molecular weight excluding hydrogens is 218 g/mol. The van der Waals surface area contributed by atoms with E-state index in [9.17, 15) is 9.59 Å². The molecule has 5 heteroatoms. The van der Waals surface area contributed by atoms with Crippen molar-refractivity contribution in [3.8, 4) is 0 Å². The highest BCUT2D eigenvalue weighted by Crippen LogP contribution is 2.13. The summed E-state index contributed by atoms with van der Waals surface area (Å²) in [6.07, 6.45) is 1.01. The molecule has 0 aromatic heterocycles. The van der Waals surface area contributed by atoms with Crippen LogP contribution < -0.4 is 16.0 Å². The highest BCUT2D eigenvalue weighted by molar-refractivity contribution is 5.88. The van der Waals surface area contributed by atoms with Crippen LogP contribution in [-0.2, 0) is 9.59 Å². The van der Waals surface area contributed by atoms with E-state index in [1.54, 1.807) is 0 Å². The fourth-order valence-electron chi connectivity index (χ4n) is 1.93. The van der Waals surface area contributed by atoms with Gasteiger partial charge >= 0.3 is 0 Å². The lowest BCUT2D eigenvalue weighted by Gasteiger charge is -2.21. The van der Waals surface area contributed by atoms with Gasteiger partial charge in [0.15, 0.2) is 0 Å². The smallest absolute Gasteiger partial charge is 0.239 e. The van der Waals surface area contributed by atoms with E-state index in [-0.39, 0.29) is 29.9 Å². The molecule has 1 saturated heterocycles. The summed E-state index contributed by atoms with van der Waals surface area (Å²) in [7, 11) is 0. The van der Waals surface area contributed by atoms with E-state index in [2.05, 4.69) is 16.0 Å². The van der Waals surface area contributed by atoms with Crippen LogP contribution in [0.2, 0.25) is 0 Å². The second-order valence-electron chi connectivity index (χ2n) is 5.71. The number of hydrogen-bond acceptors (Lipinski definition) is 3. The first kappa shape index (κ1) is 14.0. The van der Waals surface area contributed by atoms with Gasteiger partial charge in [-0.1, -0.05) is 6.92 Å². The zero-order valence-corrected chi connectivity index (χ0v) is 11.1. The van der Waals surface area contributed by atoms with E-state index in [1.165, 1.54) is 0 Å². The third-order valence-corrected chi connectivity index (χ3v) is 2.75. The topological polar surface area (TPSA) is 70.2 Å². The highest BCUT2D eigenvalue weighted by atomic mass is 16.2. The summed E-state index contributed by atoms with van der Waals surface area (Å²) in [6, 6.07) is -0.155. The van der Waals surface area contributed by atoms with Crippen molar-refractivity contribution in [1.29, 1.82) is 0 Å². The van der Waals surface area contributed by atoms with Gasteiger partial charge in [-0.2, -0.15) is 0 Å². The Hall–Kier alpha value is -1.10. The number of carbonyl (C=O) groups is 2. The fraction of sp³-hybridized carbons (Fsp3) is 0.833. The molecule has 1 aliphatic heterocycles. The van der Waals surface area contributed by atoms with Gasteiger partial charge in [-0.25, -0.2) is 0 Å². The van der Waals surface area contributed by atoms with Crippen molar-refractivity contribution in [3.05, 3.63) is 0 Å². The summed E-state index contributed by atoms with van der Waals surface area (Å²) < 4.78 is 0. The Morgan fingerprint density at radius 2 is 2.00 bits per heavy atom. The first-order chi connectivity index (χ1) is 7.79. The largest absolute Gasteiger partial charge is 0.350 e. The average molecular weight is 241 g/mol. The molecule has 0 saturated carbocycles. The first-order valence-corrected chi connectivity index (χ1v) is 6.12. The van der Waals surface area contributed by atoms with Gasteiger partial charge in [0, 0.05) is 5.54 Å². The zero-order chi connectivity index (χ0) is 13.1. The van der Waals surface area contributed by atoms with E-state index in [1.807, 2.05) is 27.7 Å². The number of carbonyl (C=O) groups excluding carboxylic acids is 2. The minimum atomic E-state index is -0.263. The van der Waals surface area contributed by atoms with Crippen molar-refractivity contribution in [2.75, 3.05) is 13.1 Å². The van der Waals surface area contributed by atoms with Gasteiger partial charge in [0.2, 0.25) is 11.8 Å². The van der Waals surface area contributed by atoms with Crippen LogP contribution in [0.15, 0.2) is 0 Å². The van der Waals surface area contributed by atoms with Crippen LogP contribution in [0.3, 0.4) is 0 Å². The Bertz CT molecular complexity index is 297. The number of rotatable bonds is 3. The molecule has 0 bridgehead atoms. The van der Waals surface area contributed by atoms with Crippen LogP contribution in [-0.4, -0.2) is 36.5 Å². The highest BCUT2D eigenvalue weighted by Gasteiger charge is 2.29. The summed E-state index contributed by atoms with van der Waals surface area (Å²) in [6.45, 7) is 8.68. The maximum atomic E-state index is 11.8. The maximum absolute atomic E-state index is 11.8. The van der Waals surface area contributed by atoms with Crippen molar-refractivity contribution in [3.63, 3.8) is 0 Å². The Morgan fingerprint density at radius 1 is 1.35 bits per heavy atom. The van der Waals surface area contributed by atoms with Crippen LogP contribution in [0.4, 0.5) is 0 Å². The molecule has 2 unspecified atom stereocenters. The molecule has 1 heterocycles. The number of hydrogen-bond donors (Lipinski definition) is 3. The second kappa shape index (κ2) is 5.49. The molecule has 98 valence electrons. The van der Waals surface area contributed by atoms with Gasteiger partial charge in [-0.15, -0.1) is 0 Å². The van der Waals surface area contributed by atoms with Crippen LogP contribution in [0.25, 0.3) is 0 Å². The molecule has 0 aromatic rings. The van der Waals surface area contributed by atoms with Gasteiger partial charge in [0.25, 0.3) is 0 Å². The van der Waals surface area contributed by atoms with Crippen molar-refractivity contribution < 1.29 is 9.59 Å². The van der Waals surface area contributed by atoms with Crippen LogP contribution in [0, 0.1) is 5.92 Å². The lowest BCUT2D eigenvalue weighted by atomic mass is 10.0. The third-order valence-electron chi connectivity index (χ3n) is 2.75. The van der Waals surface area contributed by atoms with Crippen LogP contribution >= 0.6 is 0 Å². The number of amides is 2. The summed E-state index contributed by atoms with van der Waals surface area (Å²) in [5.74, 6) is 0.0937. The van der Waals surface area contributed by atoms with Crippen LogP contribution in [0.1, 0.15) is 34.1 Å². The van der Waals surface area contributed by atoms with Crippen molar-refractivity contribution in [2.24, 2.45) is 5.92 Å². The zero-order valence-electron chi connectivity index (χ0n) is 11.1. The van der Waals surface area contributed by atoms with E-state index >= 15 is 0 Å². The quantitative estimate of drug-likeness (QED) is 0.652. The molecule has 17 heavy (non-hydrogen) atoms. The molecule has 5 nitrogen and oxygen atoms in total. The Labute approximate surface area is 103 Å². The molecular formula is C12H23N3O2. The van der Waals surface area contributed by atoms with Gasteiger partial charge in [-0.3, -0.25) is 9.59 Å². The molecule has 2 atom stereocenters. The van der Waals surface area contributed by atoms with E-state index in [0.29, 0.717) is 5.92 Å². The average Bonchev–Trinajstić information content (AvgIpc) is 2.58.